The van der Waals surface area contributed by atoms with Crippen molar-refractivity contribution in [1.29, 1.82) is 0 Å². The van der Waals surface area contributed by atoms with Crippen LogP contribution in [0, 0.1) is 11.8 Å². The van der Waals surface area contributed by atoms with Crippen molar-refractivity contribution in [3.8, 4) is 0 Å². The third-order valence-electron chi connectivity index (χ3n) is 4.35. The summed E-state index contributed by atoms with van der Waals surface area (Å²) in [5.74, 6) is -0.384. The lowest BCUT2D eigenvalue weighted by Crippen LogP contribution is -2.51. The number of carbonyl (C=O) groups excluding carboxylic acids is 1. The molecule has 0 amide bonds. The molecule has 0 spiro atoms. The number of benzene rings is 1. The van der Waals surface area contributed by atoms with Gasteiger partial charge < -0.3 is 10.1 Å². The Morgan fingerprint density at radius 1 is 1.29 bits per heavy atom. The van der Waals surface area contributed by atoms with Crippen LogP contribution in [0.2, 0.25) is 5.82 Å². The van der Waals surface area contributed by atoms with Gasteiger partial charge in [0, 0.05) is 12.5 Å². The summed E-state index contributed by atoms with van der Waals surface area (Å²) in [5, 5.41) is 3.18. The summed E-state index contributed by atoms with van der Waals surface area (Å²) in [4.78, 5) is 11.5. The second-order valence-electron chi connectivity index (χ2n) is 5.70. The van der Waals surface area contributed by atoms with Crippen LogP contribution in [0.3, 0.4) is 0 Å². The van der Waals surface area contributed by atoms with Crippen LogP contribution in [-0.4, -0.2) is 46.1 Å². The largest absolute Gasteiger partial charge is 0.303 e. The maximum atomic E-state index is 12.8. The molecule has 4 atom stereocenters. The Bertz CT molecular complexity index is 622. The van der Waals surface area contributed by atoms with E-state index in [2.05, 4.69) is 5.32 Å². The Morgan fingerprint density at radius 2 is 2.00 bits per heavy atom. The summed E-state index contributed by atoms with van der Waals surface area (Å²) in [6.07, 6.45) is 1.19. The lowest BCUT2D eigenvalue weighted by Gasteiger charge is -2.35. The highest BCUT2D eigenvalue weighted by Gasteiger charge is 2.48. The number of rotatable bonds is 3. The Kier molecular flexibility index (Phi) is 3.90. The number of aldehydes is 1. The van der Waals surface area contributed by atoms with Gasteiger partial charge in [0.1, 0.15) is 6.29 Å². The van der Waals surface area contributed by atoms with Crippen molar-refractivity contribution in [3.05, 3.63) is 30.3 Å². The van der Waals surface area contributed by atoms with Crippen LogP contribution in [0.5, 0.6) is 0 Å². The maximum absolute atomic E-state index is 12.8. The molecular formula is C14H17BN2O3S. The molecule has 2 fully saturated rings. The molecule has 2 radical (unpaired) electrons. The molecule has 0 aliphatic carbocycles. The van der Waals surface area contributed by atoms with Crippen molar-refractivity contribution in [2.75, 3.05) is 13.1 Å². The minimum absolute atomic E-state index is 0.0342. The van der Waals surface area contributed by atoms with E-state index in [0.29, 0.717) is 13.0 Å². The highest BCUT2D eigenvalue weighted by Crippen LogP contribution is 2.39. The Hall–Kier alpha value is -1.18. The van der Waals surface area contributed by atoms with Gasteiger partial charge in [-0.15, -0.1) is 0 Å². The van der Waals surface area contributed by atoms with E-state index in [9.17, 15) is 13.2 Å². The van der Waals surface area contributed by atoms with Crippen molar-refractivity contribution in [2.24, 2.45) is 11.8 Å². The summed E-state index contributed by atoms with van der Waals surface area (Å²) in [6.45, 7) is 0.781. The summed E-state index contributed by atoms with van der Waals surface area (Å²) in [6, 6.07) is 8.32. The van der Waals surface area contributed by atoms with Gasteiger partial charge in [-0.1, -0.05) is 30.4 Å². The summed E-state index contributed by atoms with van der Waals surface area (Å²) in [5.41, 5.74) is 0. The molecule has 2 aliphatic rings. The van der Waals surface area contributed by atoms with E-state index < -0.39 is 10.0 Å². The van der Waals surface area contributed by atoms with Crippen molar-refractivity contribution in [3.63, 3.8) is 0 Å². The van der Waals surface area contributed by atoms with Crippen LogP contribution in [0.1, 0.15) is 6.42 Å². The first-order valence-corrected chi connectivity index (χ1v) is 8.49. The Labute approximate surface area is 126 Å². The fourth-order valence-corrected chi connectivity index (χ4v) is 4.96. The first-order valence-electron chi connectivity index (χ1n) is 7.05. The van der Waals surface area contributed by atoms with Crippen molar-refractivity contribution in [2.45, 2.75) is 23.3 Å². The third kappa shape index (κ3) is 2.54. The summed E-state index contributed by atoms with van der Waals surface area (Å²) >= 11 is 0. The second kappa shape index (κ2) is 5.55. The molecule has 2 saturated heterocycles. The lowest BCUT2D eigenvalue weighted by atomic mass is 9.74. The maximum Gasteiger partial charge on any atom is 0.244 e. The first-order chi connectivity index (χ1) is 10.0. The summed E-state index contributed by atoms with van der Waals surface area (Å²) in [7, 11) is 2.33. The highest BCUT2D eigenvalue weighted by atomic mass is 32.2. The zero-order valence-corrected chi connectivity index (χ0v) is 12.4. The average Bonchev–Trinajstić information content (AvgIpc) is 2.86. The molecule has 7 heteroatoms. The van der Waals surface area contributed by atoms with Crippen LogP contribution in [-0.2, 0) is 14.8 Å². The zero-order valence-electron chi connectivity index (χ0n) is 11.6. The van der Waals surface area contributed by atoms with Crippen LogP contribution in [0.15, 0.2) is 35.2 Å². The minimum atomic E-state index is -3.60. The first kappa shape index (κ1) is 14.7. The molecule has 4 unspecified atom stereocenters. The minimum Gasteiger partial charge on any atom is -0.303 e. The number of nitrogens with zero attached hydrogens (tertiary/aromatic N) is 1. The topological polar surface area (TPSA) is 66.5 Å². The van der Waals surface area contributed by atoms with Crippen molar-refractivity contribution >= 4 is 24.2 Å². The second-order valence-corrected chi connectivity index (χ2v) is 7.59. The third-order valence-corrected chi connectivity index (χ3v) is 6.21. The molecule has 0 bridgehead atoms. The van der Waals surface area contributed by atoms with Crippen LogP contribution in [0.4, 0.5) is 0 Å². The summed E-state index contributed by atoms with van der Waals surface area (Å²) < 4.78 is 27.0. The molecular weight excluding hydrogens is 287 g/mol. The van der Waals surface area contributed by atoms with Gasteiger partial charge in [-0.2, -0.15) is 4.31 Å². The van der Waals surface area contributed by atoms with E-state index in [4.69, 9.17) is 7.85 Å². The van der Waals surface area contributed by atoms with Gasteiger partial charge in [0.25, 0.3) is 0 Å². The predicted molar refractivity (Wildman–Crippen MR) is 79.3 cm³/mol. The number of piperidine rings is 1. The molecule has 2 heterocycles. The molecule has 1 aromatic rings. The monoisotopic (exact) mass is 304 g/mol. The molecule has 1 aromatic carbocycles. The quantitative estimate of drug-likeness (QED) is 0.648. The van der Waals surface area contributed by atoms with Crippen LogP contribution < -0.4 is 5.32 Å². The SMILES string of the molecule is [B]C1CNC2C(C1)C(C=O)CN2S(=O)(=O)c1ccccc1. The van der Waals surface area contributed by atoms with Gasteiger partial charge in [0.05, 0.1) is 18.9 Å². The van der Waals surface area contributed by atoms with E-state index in [1.165, 1.54) is 4.31 Å². The fraction of sp³-hybridized carbons (Fsp3) is 0.500. The van der Waals surface area contributed by atoms with Gasteiger partial charge in [0.15, 0.2) is 0 Å². The van der Waals surface area contributed by atoms with Gasteiger partial charge >= 0.3 is 0 Å². The van der Waals surface area contributed by atoms with E-state index in [0.717, 1.165) is 6.29 Å². The van der Waals surface area contributed by atoms with Crippen LogP contribution >= 0.6 is 0 Å². The van der Waals surface area contributed by atoms with E-state index in [1.54, 1.807) is 30.3 Å². The molecule has 1 N–H and O–H groups in total. The van der Waals surface area contributed by atoms with E-state index >= 15 is 0 Å². The zero-order chi connectivity index (χ0) is 15.0. The molecule has 5 nitrogen and oxygen atoms in total. The van der Waals surface area contributed by atoms with Gasteiger partial charge in [-0.3, -0.25) is 0 Å². The molecule has 110 valence electrons. The van der Waals surface area contributed by atoms with Crippen molar-refractivity contribution in [1.82, 2.24) is 9.62 Å². The smallest absolute Gasteiger partial charge is 0.244 e. The molecule has 0 saturated carbocycles. The number of carbonyl (C=O) groups is 1. The molecule has 0 aromatic heterocycles. The van der Waals surface area contributed by atoms with Crippen molar-refractivity contribution < 1.29 is 13.2 Å². The Morgan fingerprint density at radius 3 is 2.67 bits per heavy atom. The van der Waals surface area contributed by atoms with E-state index in [-0.39, 0.29) is 35.3 Å². The number of nitrogens with one attached hydrogen (secondary N) is 1. The standard InChI is InChI=1S/C14H17BN2O3S/c15-11-6-13-10(9-18)8-17(14(13)16-7-11)21(19,20)12-4-2-1-3-5-12/h1-5,9-11,13-14,16H,6-8H2. The molecule has 3 rings (SSSR count). The van der Waals surface area contributed by atoms with Gasteiger partial charge in [0.2, 0.25) is 10.0 Å². The predicted octanol–water partition coefficient (Wildman–Crippen LogP) is 0.399. The van der Waals surface area contributed by atoms with E-state index in [1.807, 2.05) is 0 Å². The number of hydrogen-bond donors (Lipinski definition) is 1. The normalized spacial score (nSPS) is 33.5. The molecule has 21 heavy (non-hydrogen) atoms. The average molecular weight is 304 g/mol. The fourth-order valence-electron chi connectivity index (χ4n) is 3.29. The Balaban J connectivity index is 1.94. The molecule has 2 aliphatic heterocycles. The van der Waals surface area contributed by atoms with Crippen LogP contribution in [0.25, 0.3) is 0 Å². The lowest BCUT2D eigenvalue weighted by molar-refractivity contribution is -0.111. The number of hydrogen-bond acceptors (Lipinski definition) is 4. The number of fused-ring (bicyclic) bond motifs is 1. The van der Waals surface area contributed by atoms with Gasteiger partial charge in [-0.25, -0.2) is 8.42 Å². The highest BCUT2D eigenvalue weighted by molar-refractivity contribution is 7.89. The number of sulfonamides is 1. The van der Waals surface area contributed by atoms with Gasteiger partial charge in [-0.05, 0) is 24.6 Å².